The van der Waals surface area contributed by atoms with E-state index in [4.69, 9.17) is 19.6 Å². The Balaban J connectivity index is 0.0000000933. The average molecular weight is 282 g/mol. The normalized spacial score (nSPS) is 58.1. The van der Waals surface area contributed by atoms with Gasteiger partial charge in [0.05, 0.1) is 0 Å². The molecule has 0 heterocycles. The second-order valence-corrected chi connectivity index (χ2v) is 8.30. The molecular weight excluding hydrogens is 270 g/mol. The molecule has 7 nitrogen and oxygen atoms in total. The number of hydrogen-bond donors (Lipinski definition) is 4. The first-order chi connectivity index (χ1) is 7.71. The van der Waals surface area contributed by atoms with Crippen LogP contribution in [0.4, 0.5) is 0 Å². The Morgan fingerprint density at radius 1 is 0.588 bits per heavy atom. The highest BCUT2D eigenvalue weighted by Gasteiger charge is 2.97. The molecule has 0 radical (unpaired) electrons. The summed E-state index contributed by atoms with van der Waals surface area (Å²) in [6, 6.07) is 0. The molecule has 0 unspecified atom stereocenters. The summed E-state index contributed by atoms with van der Waals surface area (Å²) in [5.41, 5.74) is 0. The van der Waals surface area contributed by atoms with Crippen LogP contribution in [0.2, 0.25) is 0 Å². The lowest BCUT2D eigenvalue weighted by Gasteiger charge is -3.03. The maximum Gasteiger partial charge on any atom is 0.478 e. The van der Waals surface area contributed by atoms with Crippen molar-refractivity contribution in [3.63, 3.8) is 0 Å². The molecule has 6 saturated carbocycles. The van der Waals surface area contributed by atoms with Gasteiger partial charge in [0.1, 0.15) is 0 Å². The predicted octanol–water partition coefficient (Wildman–Crippen LogP) is 0.172. The Labute approximate surface area is 96.7 Å². The number of rotatable bonds is 2. The Hall–Kier alpha value is 0.260. The van der Waals surface area contributed by atoms with Crippen LogP contribution in [0.15, 0.2) is 0 Å². The quantitative estimate of drug-likeness (QED) is 0.532. The van der Waals surface area contributed by atoms with E-state index < -0.39 is 15.6 Å². The van der Waals surface area contributed by atoms with E-state index in [2.05, 4.69) is 4.31 Å². The number of hydrogen-bond acceptors (Lipinski definition) is 3. The zero-order chi connectivity index (χ0) is 12.3. The van der Waals surface area contributed by atoms with Crippen molar-refractivity contribution in [3.05, 3.63) is 0 Å². The van der Waals surface area contributed by atoms with E-state index in [0.717, 1.165) is 0 Å². The number of phosphoric acid groups is 2. The minimum Gasteiger partial charge on any atom is -0.302 e. The summed E-state index contributed by atoms with van der Waals surface area (Å²) in [6.45, 7) is 0. The smallest absolute Gasteiger partial charge is 0.302 e. The first-order valence-electron chi connectivity index (χ1n) is 5.53. The van der Waals surface area contributed by atoms with Gasteiger partial charge in [0, 0.05) is 0 Å². The van der Waals surface area contributed by atoms with Crippen LogP contribution in [0.3, 0.4) is 0 Å². The molecule has 96 valence electrons. The van der Waals surface area contributed by atoms with E-state index in [1.54, 1.807) is 0 Å². The summed E-state index contributed by atoms with van der Waals surface area (Å²) in [6.07, 6.45) is 0. The maximum absolute atomic E-state index is 9.63. The molecule has 4 N–H and O–H groups in total. The Morgan fingerprint density at radius 2 is 0.765 bits per heavy atom. The molecule has 0 amide bonds. The van der Waals surface area contributed by atoms with E-state index in [1.807, 2.05) is 0 Å². The molecule has 9 heteroatoms. The highest BCUT2D eigenvalue weighted by atomic mass is 31.3. The van der Waals surface area contributed by atoms with Crippen molar-refractivity contribution >= 4 is 15.6 Å². The predicted molar refractivity (Wildman–Crippen MR) is 53.1 cm³/mol. The summed E-state index contributed by atoms with van der Waals surface area (Å²) < 4.78 is 22.2. The van der Waals surface area contributed by atoms with Crippen LogP contribution in [-0.2, 0) is 13.4 Å². The fraction of sp³-hybridized carbons (Fsp3) is 1.00. The molecule has 0 aliphatic heterocycles. The molecule has 0 atom stereocenters. The van der Waals surface area contributed by atoms with Gasteiger partial charge in [-0.25, -0.2) is 9.13 Å². The van der Waals surface area contributed by atoms with Crippen LogP contribution in [0.1, 0.15) is 0 Å². The standard InChI is InChI=1S/C8H8.H4O7P2/c1-2-5-3(1)7-4(1)6(2)8(5)7;1-8(2,3)7-9(4,5)6/h1-8H;(H2,1,2,3)(H2,4,5,6). The van der Waals surface area contributed by atoms with Crippen LogP contribution in [0.5, 0.6) is 0 Å². The molecule has 0 aromatic heterocycles. The zero-order valence-corrected chi connectivity index (χ0v) is 10.3. The summed E-state index contributed by atoms with van der Waals surface area (Å²) in [4.78, 5) is 31.0. The third-order valence-electron chi connectivity index (χ3n) is 5.55. The largest absolute Gasteiger partial charge is 0.478 e. The van der Waals surface area contributed by atoms with Crippen molar-refractivity contribution in [2.75, 3.05) is 0 Å². The lowest BCUT2D eigenvalue weighted by Crippen LogP contribution is -3.00. The van der Waals surface area contributed by atoms with Gasteiger partial charge >= 0.3 is 15.6 Å². The lowest BCUT2D eigenvalue weighted by atomic mass is 9.01. The summed E-state index contributed by atoms with van der Waals surface area (Å²) in [5.74, 6) is 10.7. The minimum absolute atomic E-state index is 1.33. The topological polar surface area (TPSA) is 124 Å². The van der Waals surface area contributed by atoms with Crippen molar-refractivity contribution in [1.29, 1.82) is 0 Å². The Kier molecular flexibility index (Phi) is 1.78. The molecule has 6 aliphatic rings. The molecule has 0 saturated heterocycles. The van der Waals surface area contributed by atoms with Gasteiger partial charge in [0.2, 0.25) is 0 Å². The summed E-state index contributed by atoms with van der Waals surface area (Å²) in [5, 5.41) is 0. The first-order valence-corrected chi connectivity index (χ1v) is 8.59. The molecule has 6 aliphatic carbocycles. The van der Waals surface area contributed by atoms with Gasteiger partial charge in [-0.3, -0.25) is 0 Å². The van der Waals surface area contributed by atoms with Crippen LogP contribution < -0.4 is 0 Å². The van der Waals surface area contributed by atoms with Gasteiger partial charge < -0.3 is 19.6 Å². The van der Waals surface area contributed by atoms with Gasteiger partial charge in [-0.2, -0.15) is 4.31 Å². The van der Waals surface area contributed by atoms with Gasteiger partial charge in [-0.05, 0) is 47.3 Å². The maximum atomic E-state index is 9.63. The monoisotopic (exact) mass is 282 g/mol. The van der Waals surface area contributed by atoms with Crippen LogP contribution in [0.25, 0.3) is 0 Å². The molecule has 0 aromatic rings. The fourth-order valence-corrected chi connectivity index (χ4v) is 6.53. The Morgan fingerprint density at radius 3 is 0.824 bits per heavy atom. The SMILES string of the molecule is C12C3C4C1C1C2C3C41.O=P(O)(O)OP(=O)(O)O. The van der Waals surface area contributed by atoms with Crippen LogP contribution in [-0.4, -0.2) is 19.6 Å². The zero-order valence-electron chi connectivity index (χ0n) is 8.53. The molecule has 0 aromatic carbocycles. The molecular formula is C8H12O7P2. The molecule has 17 heavy (non-hydrogen) atoms. The van der Waals surface area contributed by atoms with Gasteiger partial charge in [0.25, 0.3) is 0 Å². The highest BCUT2D eigenvalue weighted by molar-refractivity contribution is 7.60. The van der Waals surface area contributed by atoms with Crippen molar-refractivity contribution in [2.45, 2.75) is 0 Å². The second kappa shape index (κ2) is 2.73. The van der Waals surface area contributed by atoms with Gasteiger partial charge in [0.15, 0.2) is 0 Å². The van der Waals surface area contributed by atoms with E-state index in [9.17, 15) is 9.13 Å². The van der Waals surface area contributed by atoms with Crippen molar-refractivity contribution in [3.8, 4) is 0 Å². The van der Waals surface area contributed by atoms with Crippen molar-refractivity contribution in [1.82, 2.24) is 0 Å². The van der Waals surface area contributed by atoms with Gasteiger partial charge in [-0.15, -0.1) is 0 Å². The van der Waals surface area contributed by atoms with Gasteiger partial charge in [-0.1, -0.05) is 0 Å². The van der Waals surface area contributed by atoms with E-state index in [-0.39, 0.29) is 0 Å². The molecule has 6 rings (SSSR count). The fourth-order valence-electron chi connectivity index (χ4n) is 5.42. The highest BCUT2D eigenvalue weighted by Crippen LogP contribution is 3.00. The third kappa shape index (κ3) is 1.12. The first kappa shape index (κ1) is 11.1. The van der Waals surface area contributed by atoms with E-state index in [0.29, 0.717) is 0 Å². The molecule has 0 bridgehead atoms. The molecule has 0 spiro atoms. The van der Waals surface area contributed by atoms with E-state index >= 15 is 0 Å². The summed E-state index contributed by atoms with van der Waals surface area (Å²) in [7, 11) is -10.1. The second-order valence-electron chi connectivity index (χ2n) is 5.68. The molecule has 6 fully saturated rings. The Bertz CT molecular complexity index is 364. The average Bonchev–Trinajstić information content (AvgIpc) is 2.14. The van der Waals surface area contributed by atoms with Crippen molar-refractivity contribution in [2.24, 2.45) is 47.3 Å². The van der Waals surface area contributed by atoms with Crippen LogP contribution >= 0.6 is 15.6 Å². The lowest BCUT2D eigenvalue weighted by molar-refractivity contribution is -0.565. The summed E-state index contributed by atoms with van der Waals surface area (Å²) >= 11 is 0. The van der Waals surface area contributed by atoms with Crippen molar-refractivity contribution < 1.29 is 33.0 Å². The van der Waals surface area contributed by atoms with E-state index in [1.165, 1.54) is 47.3 Å². The minimum atomic E-state index is -5.05. The van der Waals surface area contributed by atoms with Crippen LogP contribution in [0, 0.1) is 47.3 Å². The third-order valence-corrected chi connectivity index (χ3v) is 7.25.